The molecule has 0 bridgehead atoms. The van der Waals surface area contributed by atoms with E-state index in [4.69, 9.17) is 20.3 Å². The molecule has 17 nitrogen and oxygen atoms in total. The van der Waals surface area contributed by atoms with E-state index < -0.39 is 88.7 Å². The van der Waals surface area contributed by atoms with Gasteiger partial charge in [-0.1, -0.05) is 0 Å². The van der Waals surface area contributed by atoms with Crippen LogP contribution in [0.4, 0.5) is 19.1 Å². The molecule has 3 rings (SSSR count). The van der Waals surface area contributed by atoms with Crippen LogP contribution in [0, 0.1) is 5.82 Å². The Balaban J connectivity index is 1.92. The van der Waals surface area contributed by atoms with E-state index in [1.165, 1.54) is 0 Å². The van der Waals surface area contributed by atoms with E-state index in [1.54, 1.807) is 0 Å². The van der Waals surface area contributed by atoms with Gasteiger partial charge in [-0.25, -0.2) is 26.9 Å². The number of nitrogens with zero attached hydrogens (tertiary/aromatic N) is 2. The molecule has 1 fully saturated rings. The lowest BCUT2D eigenvalue weighted by Crippen LogP contribution is -2.46. The number of hydrogen-bond donors (Lipinski definition) is 7. The molecule has 1 aliphatic heterocycles. The van der Waals surface area contributed by atoms with Gasteiger partial charge in [-0.3, -0.25) is 18.9 Å². The Morgan fingerprint density at radius 2 is 1.89 bits per heavy atom. The normalized spacial score (nSPS) is 29.2. The summed E-state index contributed by atoms with van der Waals surface area (Å²) in [7, 11) is -17.3. The summed E-state index contributed by atoms with van der Waals surface area (Å²) in [5, 5.41) is 9.68. The van der Waals surface area contributed by atoms with Crippen LogP contribution in [-0.2, 0) is 31.6 Å². The number of phosphoric ester groups is 1. The van der Waals surface area contributed by atoms with Crippen LogP contribution in [0.2, 0.25) is 0 Å². The van der Waals surface area contributed by atoms with Crippen molar-refractivity contribution < 1.29 is 69.4 Å². The molecule has 2 aromatic rings. The Morgan fingerprint density at radius 3 is 2.44 bits per heavy atom. The highest BCUT2D eigenvalue weighted by Gasteiger charge is 2.61. The van der Waals surface area contributed by atoms with E-state index in [0.29, 0.717) is 10.8 Å². The molecule has 1 aliphatic rings. The van der Waals surface area contributed by atoms with Gasteiger partial charge in [0.2, 0.25) is 11.6 Å². The van der Waals surface area contributed by atoms with Crippen LogP contribution in [0.3, 0.4) is 0 Å². The number of nitrogens with two attached hydrogens (primary N) is 1. The first-order valence-electron chi connectivity index (χ1n) is 9.26. The van der Waals surface area contributed by atoms with Crippen molar-refractivity contribution in [3.63, 3.8) is 0 Å². The third kappa shape index (κ3) is 5.75. The number of halogens is 3. The minimum absolute atomic E-state index is 0.503. The molecule has 0 aliphatic carbocycles. The summed E-state index contributed by atoms with van der Waals surface area (Å²) in [4.78, 5) is 53.6. The summed E-state index contributed by atoms with van der Waals surface area (Å²) in [5.41, 5.74) is 0.331. The molecule has 2 aromatic heterocycles. The second kappa shape index (κ2) is 9.58. The fourth-order valence-corrected chi connectivity index (χ4v) is 6.64. The quantitative estimate of drug-likeness (QED) is 0.192. The number of nitrogens with one attached hydrogen (secondary N) is 1. The number of ether oxygens (including phenoxy) is 1. The van der Waals surface area contributed by atoms with Crippen molar-refractivity contribution in [3.05, 3.63) is 22.4 Å². The van der Waals surface area contributed by atoms with Crippen LogP contribution in [0.25, 0.3) is 11.0 Å². The zero-order valence-electron chi connectivity index (χ0n) is 17.5. The van der Waals surface area contributed by atoms with Crippen molar-refractivity contribution >= 4 is 40.4 Å². The van der Waals surface area contributed by atoms with Gasteiger partial charge in [0.15, 0.2) is 17.7 Å². The van der Waals surface area contributed by atoms with Crippen molar-refractivity contribution in [2.75, 3.05) is 12.4 Å². The van der Waals surface area contributed by atoms with Gasteiger partial charge < -0.3 is 35.2 Å². The molecule has 36 heavy (non-hydrogen) atoms. The third-order valence-electron chi connectivity index (χ3n) is 4.79. The summed E-state index contributed by atoms with van der Waals surface area (Å²) in [5.74, 6) is -1.78. The molecule has 7 atom stereocenters. The number of alkyl halides is 2. The van der Waals surface area contributed by atoms with Crippen molar-refractivity contribution in [2.45, 2.75) is 37.1 Å². The van der Waals surface area contributed by atoms with E-state index in [-0.39, 0.29) is 0 Å². The molecule has 8 N–H and O–H groups in total. The first-order valence-corrected chi connectivity index (χ1v) is 13.8. The Morgan fingerprint density at radius 1 is 1.28 bits per heavy atom. The van der Waals surface area contributed by atoms with Gasteiger partial charge in [0, 0.05) is 6.20 Å². The monoisotopic (exact) mass is 588 g/mol. The Kier molecular flexibility index (Phi) is 7.69. The first-order chi connectivity index (χ1) is 16.3. The molecule has 1 saturated heterocycles. The number of aliphatic hydroxyl groups excluding tert-OH is 1. The second-order valence-corrected chi connectivity index (χ2v) is 11.8. The van der Waals surface area contributed by atoms with E-state index in [2.05, 4.69) is 18.1 Å². The molecular formula is C13H18F3N4O13P3. The molecule has 204 valence electrons. The van der Waals surface area contributed by atoms with Crippen LogP contribution >= 0.6 is 23.5 Å². The van der Waals surface area contributed by atoms with Crippen LogP contribution in [0.5, 0.6) is 0 Å². The highest BCUT2D eigenvalue weighted by atomic mass is 31.3. The number of nitrogen functional groups attached to an aromatic ring is 1. The predicted octanol–water partition coefficient (Wildman–Crippen LogP) is 0.114. The lowest BCUT2D eigenvalue weighted by atomic mass is 9.95. The minimum atomic E-state index is -5.90. The largest absolute Gasteiger partial charge is 0.490 e. The molecule has 3 heterocycles. The second-order valence-electron chi connectivity index (χ2n) is 7.39. The highest BCUT2D eigenvalue weighted by molar-refractivity contribution is 7.66. The summed E-state index contributed by atoms with van der Waals surface area (Å²) in [6.07, 6.45) is -8.28. The van der Waals surface area contributed by atoms with Crippen LogP contribution in [0.1, 0.15) is 13.2 Å². The number of aromatic amines is 1. The summed E-state index contributed by atoms with van der Waals surface area (Å²) in [6.45, 7) is -1.14. The van der Waals surface area contributed by atoms with Crippen molar-refractivity contribution in [1.82, 2.24) is 14.5 Å². The van der Waals surface area contributed by atoms with E-state index in [0.717, 1.165) is 6.92 Å². The maximum absolute atomic E-state index is 15.6. The Bertz CT molecular complexity index is 1370. The minimum Gasteiger partial charge on any atom is -0.387 e. The Hall–Kier alpha value is -1.66. The van der Waals surface area contributed by atoms with E-state index in [1.807, 2.05) is 4.98 Å². The van der Waals surface area contributed by atoms with Gasteiger partial charge in [0.25, 0.3) is 5.56 Å². The number of phosphoric acid groups is 3. The topological polar surface area (TPSA) is 266 Å². The number of aromatic nitrogens is 3. The molecule has 0 spiro atoms. The van der Waals surface area contributed by atoms with Crippen LogP contribution in [0.15, 0.2) is 11.0 Å². The molecule has 3 unspecified atom stereocenters. The zero-order chi connectivity index (χ0) is 27.4. The van der Waals surface area contributed by atoms with Crippen molar-refractivity contribution in [2.24, 2.45) is 0 Å². The van der Waals surface area contributed by atoms with Gasteiger partial charge in [0.05, 0.1) is 6.10 Å². The number of aliphatic hydroxyl groups is 1. The van der Waals surface area contributed by atoms with Gasteiger partial charge in [-0.2, -0.15) is 13.6 Å². The van der Waals surface area contributed by atoms with Crippen molar-refractivity contribution in [1.29, 1.82) is 0 Å². The van der Waals surface area contributed by atoms with Gasteiger partial charge in [-0.15, -0.1) is 0 Å². The molecule has 0 saturated carbocycles. The van der Waals surface area contributed by atoms with Gasteiger partial charge in [0.1, 0.15) is 24.3 Å². The molecular weight excluding hydrogens is 570 g/mol. The SMILES string of the molecule is C[C@@H](OP(=O)(O)OP(=O)(O)OP(=O)(O)O)[C@H]1O[C@@H](n2cc(F)c3c(=O)[nH]c(N)nc32)C(F)(CF)[C@H]1O. The lowest BCUT2D eigenvalue weighted by Gasteiger charge is -2.27. The fraction of sp³-hybridized carbons (Fsp3) is 0.538. The summed E-state index contributed by atoms with van der Waals surface area (Å²) >= 11 is 0. The van der Waals surface area contributed by atoms with Gasteiger partial charge >= 0.3 is 23.5 Å². The predicted molar refractivity (Wildman–Crippen MR) is 109 cm³/mol. The molecule has 0 amide bonds. The maximum atomic E-state index is 15.6. The average Bonchev–Trinajstić information content (AvgIpc) is 3.13. The van der Waals surface area contributed by atoms with Crippen LogP contribution in [-0.4, -0.2) is 69.9 Å². The number of H-pyrrole nitrogens is 1. The fourth-order valence-electron chi connectivity index (χ4n) is 3.44. The maximum Gasteiger partial charge on any atom is 0.490 e. The first kappa shape index (κ1) is 28.9. The smallest absolute Gasteiger partial charge is 0.387 e. The van der Waals surface area contributed by atoms with Gasteiger partial charge in [-0.05, 0) is 6.92 Å². The number of rotatable bonds is 9. The number of anilines is 1. The van der Waals surface area contributed by atoms with E-state index >= 15 is 4.39 Å². The summed E-state index contributed by atoms with van der Waals surface area (Å²) < 4.78 is 95.3. The lowest BCUT2D eigenvalue weighted by molar-refractivity contribution is -0.0818. The molecule has 0 radical (unpaired) electrons. The van der Waals surface area contributed by atoms with Crippen LogP contribution < -0.4 is 11.3 Å². The van der Waals surface area contributed by atoms with E-state index in [9.17, 15) is 42.2 Å². The number of hydrogen-bond acceptors (Lipinski definition) is 11. The highest BCUT2D eigenvalue weighted by Crippen LogP contribution is 2.66. The third-order valence-corrected chi connectivity index (χ3v) is 8.72. The Labute approximate surface area is 197 Å². The molecule has 0 aromatic carbocycles. The standard InChI is InChI=1S/C13H18F3N4O13P3/c1-4(31-35(26,27)33-36(28,29)32-34(23,24)25)7-8(21)13(16,3-14)11(30-7)20-2-5(15)6-9(20)18-12(17)19-10(6)22/h2,4,7-8,11,21H,3H2,1H3,(H,26,27)(H,28,29)(H2,23,24,25)(H3,17,18,19,22)/t4-,7-,8+,11-,13?/m1/s1. The summed E-state index contributed by atoms with van der Waals surface area (Å²) in [6, 6.07) is 0. The zero-order valence-corrected chi connectivity index (χ0v) is 20.2. The number of fused-ring (bicyclic) bond motifs is 1. The molecule has 23 heteroatoms. The van der Waals surface area contributed by atoms with Crippen molar-refractivity contribution in [3.8, 4) is 0 Å². The average molecular weight is 588 g/mol.